The smallest absolute Gasteiger partial charge is 0.135 e. The number of anilines is 1. The monoisotopic (exact) mass is 301 g/mol. The maximum absolute atomic E-state index is 5.19. The van der Waals surface area contributed by atoms with Gasteiger partial charge < -0.3 is 10.1 Å². The van der Waals surface area contributed by atoms with Crippen LogP contribution < -0.4 is 10.1 Å². The lowest BCUT2D eigenvalue weighted by Crippen LogP contribution is -2.04. The normalized spacial score (nSPS) is 14.0. The van der Waals surface area contributed by atoms with Gasteiger partial charge in [-0.2, -0.15) is 0 Å². The first-order valence-corrected chi connectivity index (χ1v) is 7.91. The van der Waals surface area contributed by atoms with Crippen molar-refractivity contribution in [1.29, 1.82) is 0 Å². The number of rotatable bonds is 5. The zero-order chi connectivity index (χ0) is 14.8. The molecule has 2 aromatic rings. The predicted molar refractivity (Wildman–Crippen MR) is 85.4 cm³/mol. The summed E-state index contributed by atoms with van der Waals surface area (Å²) < 4.78 is 5.19. The maximum Gasteiger partial charge on any atom is 0.135 e. The molecule has 5 heteroatoms. The van der Waals surface area contributed by atoms with E-state index in [2.05, 4.69) is 29.4 Å². The van der Waals surface area contributed by atoms with E-state index in [4.69, 9.17) is 9.72 Å². The number of methoxy groups -OCH3 is 1. The van der Waals surface area contributed by atoms with Crippen LogP contribution in [0.1, 0.15) is 30.1 Å². The van der Waals surface area contributed by atoms with E-state index in [1.54, 1.807) is 18.9 Å². The molecule has 0 amide bonds. The minimum absolute atomic E-state index is 0.549. The second-order valence-electron chi connectivity index (χ2n) is 5.16. The second kappa shape index (κ2) is 5.93. The Bertz CT molecular complexity index is 639. The largest absolute Gasteiger partial charge is 0.497 e. The highest BCUT2D eigenvalue weighted by Gasteiger charge is 2.28. The van der Waals surface area contributed by atoms with Crippen LogP contribution in [0.3, 0.4) is 0 Å². The Morgan fingerprint density at radius 3 is 2.48 bits per heavy atom. The van der Waals surface area contributed by atoms with Gasteiger partial charge in [0, 0.05) is 23.4 Å². The van der Waals surface area contributed by atoms with Gasteiger partial charge in [-0.25, -0.2) is 9.97 Å². The molecule has 0 saturated heterocycles. The van der Waals surface area contributed by atoms with Crippen molar-refractivity contribution in [1.82, 2.24) is 9.97 Å². The molecule has 1 aliphatic rings. The van der Waals surface area contributed by atoms with Crippen molar-refractivity contribution in [3.05, 3.63) is 35.7 Å². The minimum atomic E-state index is 0.549. The number of nitrogens with zero attached hydrogens (tertiary/aromatic N) is 2. The predicted octanol–water partition coefficient (Wildman–Crippen LogP) is 3.86. The molecular formula is C16H19N3OS. The molecule has 21 heavy (non-hydrogen) atoms. The molecule has 1 aliphatic carbocycles. The Kier molecular flexibility index (Phi) is 4.01. The fourth-order valence-electron chi connectivity index (χ4n) is 2.13. The number of benzene rings is 1. The third-order valence-corrected chi connectivity index (χ3v) is 4.67. The average Bonchev–Trinajstić information content (AvgIpc) is 3.35. The van der Waals surface area contributed by atoms with Crippen molar-refractivity contribution < 1.29 is 4.74 Å². The van der Waals surface area contributed by atoms with Crippen LogP contribution in [0.25, 0.3) is 0 Å². The third-order valence-electron chi connectivity index (χ3n) is 3.57. The molecule has 1 aromatic carbocycles. The van der Waals surface area contributed by atoms with Gasteiger partial charge in [0.25, 0.3) is 0 Å². The van der Waals surface area contributed by atoms with Crippen LogP contribution in [0.15, 0.2) is 34.2 Å². The summed E-state index contributed by atoms with van der Waals surface area (Å²) in [5.41, 5.74) is 1.10. The number of ether oxygens (including phenoxy) is 1. The van der Waals surface area contributed by atoms with Crippen LogP contribution >= 0.6 is 11.8 Å². The Morgan fingerprint density at radius 2 is 1.90 bits per heavy atom. The summed E-state index contributed by atoms with van der Waals surface area (Å²) in [7, 11) is 3.59. The molecule has 0 radical (unpaired) electrons. The van der Waals surface area contributed by atoms with Crippen LogP contribution in [-0.4, -0.2) is 24.1 Å². The minimum Gasteiger partial charge on any atom is -0.497 e. The third kappa shape index (κ3) is 3.13. The molecule has 1 aromatic heterocycles. The Morgan fingerprint density at radius 1 is 1.19 bits per heavy atom. The van der Waals surface area contributed by atoms with Gasteiger partial charge >= 0.3 is 0 Å². The number of hydrogen-bond acceptors (Lipinski definition) is 5. The van der Waals surface area contributed by atoms with Crippen LogP contribution in [0.4, 0.5) is 5.82 Å². The molecule has 0 atom stereocenters. The van der Waals surface area contributed by atoms with Gasteiger partial charge in [0.05, 0.1) is 7.11 Å². The summed E-state index contributed by atoms with van der Waals surface area (Å²) in [5, 5.41) is 4.21. The zero-order valence-corrected chi connectivity index (χ0v) is 13.3. The van der Waals surface area contributed by atoms with E-state index < -0.39 is 0 Å². The second-order valence-corrected chi connectivity index (χ2v) is 6.22. The summed E-state index contributed by atoms with van der Waals surface area (Å²) in [6, 6.07) is 8.06. The fourth-order valence-corrected chi connectivity index (χ4v) is 3.02. The van der Waals surface area contributed by atoms with Gasteiger partial charge in [-0.05, 0) is 44.0 Å². The highest BCUT2D eigenvalue weighted by molar-refractivity contribution is 7.99. The van der Waals surface area contributed by atoms with Crippen molar-refractivity contribution in [2.75, 3.05) is 19.5 Å². The maximum atomic E-state index is 5.19. The number of nitrogens with one attached hydrogen (secondary N) is 1. The quantitative estimate of drug-likeness (QED) is 0.850. The molecule has 1 fully saturated rings. The molecule has 0 aliphatic heterocycles. The summed E-state index contributed by atoms with van der Waals surface area (Å²) in [5.74, 6) is 3.32. The molecule has 0 spiro atoms. The van der Waals surface area contributed by atoms with Gasteiger partial charge in [-0.15, -0.1) is 0 Å². The van der Waals surface area contributed by atoms with Gasteiger partial charge in [0.15, 0.2) is 0 Å². The van der Waals surface area contributed by atoms with Crippen molar-refractivity contribution in [3.63, 3.8) is 0 Å². The SMILES string of the molecule is CNc1nc(C2CC2)nc(Sc2ccc(OC)cc2)c1C. The molecule has 3 rings (SSSR count). The molecule has 0 unspecified atom stereocenters. The topological polar surface area (TPSA) is 47.0 Å². The van der Waals surface area contributed by atoms with E-state index in [1.165, 1.54) is 12.8 Å². The first kappa shape index (κ1) is 14.2. The lowest BCUT2D eigenvalue weighted by Gasteiger charge is -2.11. The van der Waals surface area contributed by atoms with E-state index in [1.807, 2.05) is 19.2 Å². The Labute approximate surface area is 129 Å². The fraction of sp³-hybridized carbons (Fsp3) is 0.375. The van der Waals surface area contributed by atoms with Crippen LogP contribution in [0.2, 0.25) is 0 Å². The number of hydrogen-bond donors (Lipinski definition) is 1. The van der Waals surface area contributed by atoms with E-state index in [9.17, 15) is 0 Å². The van der Waals surface area contributed by atoms with E-state index in [0.29, 0.717) is 5.92 Å². The molecule has 1 heterocycles. The van der Waals surface area contributed by atoms with E-state index >= 15 is 0 Å². The summed E-state index contributed by atoms with van der Waals surface area (Å²) in [6.07, 6.45) is 2.41. The van der Waals surface area contributed by atoms with E-state index in [-0.39, 0.29) is 0 Å². The molecule has 1 N–H and O–H groups in total. The Balaban J connectivity index is 1.90. The van der Waals surface area contributed by atoms with Crippen molar-refractivity contribution in [2.24, 2.45) is 0 Å². The lowest BCUT2D eigenvalue weighted by molar-refractivity contribution is 0.414. The number of aromatic nitrogens is 2. The van der Waals surface area contributed by atoms with Crippen LogP contribution in [0, 0.1) is 6.92 Å². The van der Waals surface area contributed by atoms with Crippen molar-refractivity contribution >= 4 is 17.6 Å². The zero-order valence-electron chi connectivity index (χ0n) is 12.5. The highest BCUT2D eigenvalue weighted by atomic mass is 32.2. The standard InChI is InChI=1S/C16H19N3OS/c1-10-14(17-2)18-15(11-4-5-11)19-16(10)21-13-8-6-12(20-3)7-9-13/h6-9,11H,4-5H2,1-3H3,(H,17,18,19). The van der Waals surface area contributed by atoms with Crippen LogP contribution in [-0.2, 0) is 0 Å². The summed E-state index contributed by atoms with van der Waals surface area (Å²) in [6.45, 7) is 2.06. The molecule has 4 nitrogen and oxygen atoms in total. The molecular weight excluding hydrogens is 282 g/mol. The van der Waals surface area contributed by atoms with Crippen molar-refractivity contribution in [2.45, 2.75) is 35.6 Å². The first-order chi connectivity index (χ1) is 10.2. The van der Waals surface area contributed by atoms with Gasteiger partial charge in [-0.3, -0.25) is 0 Å². The van der Waals surface area contributed by atoms with Crippen LogP contribution in [0.5, 0.6) is 5.75 Å². The molecule has 1 saturated carbocycles. The molecule has 110 valence electrons. The lowest BCUT2D eigenvalue weighted by atomic mass is 10.3. The van der Waals surface area contributed by atoms with Gasteiger partial charge in [-0.1, -0.05) is 11.8 Å². The summed E-state index contributed by atoms with van der Waals surface area (Å²) in [4.78, 5) is 10.5. The van der Waals surface area contributed by atoms with E-state index in [0.717, 1.165) is 32.9 Å². The molecule has 0 bridgehead atoms. The van der Waals surface area contributed by atoms with Crippen molar-refractivity contribution in [3.8, 4) is 5.75 Å². The highest BCUT2D eigenvalue weighted by Crippen LogP contribution is 2.41. The Hall–Kier alpha value is -1.75. The summed E-state index contributed by atoms with van der Waals surface area (Å²) >= 11 is 1.68. The van der Waals surface area contributed by atoms with Gasteiger partial charge in [0.1, 0.15) is 22.4 Å². The first-order valence-electron chi connectivity index (χ1n) is 7.09. The van der Waals surface area contributed by atoms with Gasteiger partial charge in [0.2, 0.25) is 0 Å². The average molecular weight is 301 g/mol.